The molecule has 4 nitrogen and oxygen atoms in total. The minimum Gasteiger partial charge on any atom is -0.348 e. The van der Waals surface area contributed by atoms with E-state index in [9.17, 15) is 17.2 Å². The van der Waals surface area contributed by atoms with Crippen molar-refractivity contribution in [1.82, 2.24) is 4.98 Å². The smallest absolute Gasteiger partial charge is 0.185 e. The van der Waals surface area contributed by atoms with Crippen molar-refractivity contribution in [2.45, 2.75) is 29.9 Å². The SMILES string of the molecule is Cc1cc(S(=O)(=O)C2CCN(c3nc(-c4ccc(F)c(F)c4)cs3)CC2)c(Cl)cc1Cl. The lowest BCUT2D eigenvalue weighted by Crippen LogP contribution is -2.39. The Morgan fingerprint density at radius 3 is 2.45 bits per heavy atom. The minimum absolute atomic E-state index is 0.115. The summed E-state index contributed by atoms with van der Waals surface area (Å²) >= 11 is 13.6. The third-order valence-corrected chi connectivity index (χ3v) is 9.41. The van der Waals surface area contributed by atoms with Crippen molar-refractivity contribution in [1.29, 1.82) is 0 Å². The van der Waals surface area contributed by atoms with Gasteiger partial charge in [-0.25, -0.2) is 22.2 Å². The molecule has 0 unspecified atom stereocenters. The lowest BCUT2D eigenvalue weighted by atomic mass is 10.1. The molecular formula is C21H18Cl2F2N2O2S2. The fraction of sp³-hybridized carbons (Fsp3) is 0.286. The van der Waals surface area contributed by atoms with Crippen molar-refractivity contribution >= 4 is 49.5 Å². The number of thiazole rings is 1. The number of piperidine rings is 1. The van der Waals surface area contributed by atoms with E-state index < -0.39 is 26.7 Å². The number of rotatable bonds is 4. The molecule has 1 saturated heterocycles. The minimum atomic E-state index is -3.60. The van der Waals surface area contributed by atoms with Crippen LogP contribution in [-0.2, 0) is 9.84 Å². The van der Waals surface area contributed by atoms with Crippen LogP contribution in [0.5, 0.6) is 0 Å². The van der Waals surface area contributed by atoms with Crippen molar-refractivity contribution in [2.24, 2.45) is 0 Å². The lowest BCUT2D eigenvalue weighted by Gasteiger charge is -2.31. The first-order valence-electron chi connectivity index (χ1n) is 9.52. The monoisotopic (exact) mass is 502 g/mol. The maximum absolute atomic E-state index is 13.5. The standard InChI is InChI=1S/C21H18Cl2F2N2O2S2/c1-12-8-20(16(23)10-15(12)22)31(28,29)14-4-6-27(7-5-14)21-26-19(11-30-21)13-2-3-17(24)18(25)9-13/h2-3,8-11,14H,4-7H2,1H3. The van der Waals surface area contributed by atoms with Crippen molar-refractivity contribution in [3.05, 3.63) is 63.0 Å². The van der Waals surface area contributed by atoms with Crippen molar-refractivity contribution in [3.8, 4) is 11.3 Å². The zero-order valence-corrected chi connectivity index (χ0v) is 19.6. The summed E-state index contributed by atoms with van der Waals surface area (Å²) < 4.78 is 53.0. The predicted molar refractivity (Wildman–Crippen MR) is 121 cm³/mol. The topological polar surface area (TPSA) is 50.3 Å². The summed E-state index contributed by atoms with van der Waals surface area (Å²) in [5.41, 5.74) is 1.71. The van der Waals surface area contributed by atoms with Crippen LogP contribution in [0.3, 0.4) is 0 Å². The Bertz CT molecular complexity index is 1240. The molecule has 0 N–H and O–H groups in total. The lowest BCUT2D eigenvalue weighted by molar-refractivity contribution is 0.509. The van der Waals surface area contributed by atoms with Crippen molar-refractivity contribution < 1.29 is 17.2 Å². The molecule has 2 heterocycles. The highest BCUT2D eigenvalue weighted by Gasteiger charge is 2.33. The zero-order valence-electron chi connectivity index (χ0n) is 16.4. The molecule has 4 rings (SSSR count). The van der Waals surface area contributed by atoms with Crippen molar-refractivity contribution in [3.63, 3.8) is 0 Å². The van der Waals surface area contributed by atoms with Crippen LogP contribution >= 0.6 is 34.5 Å². The van der Waals surface area contributed by atoms with Gasteiger partial charge >= 0.3 is 0 Å². The quantitative estimate of drug-likeness (QED) is 0.429. The number of hydrogen-bond donors (Lipinski definition) is 0. The van der Waals surface area contributed by atoms with Crippen LogP contribution in [0.1, 0.15) is 18.4 Å². The Morgan fingerprint density at radius 2 is 1.77 bits per heavy atom. The van der Waals surface area contributed by atoms with E-state index in [1.807, 2.05) is 4.90 Å². The summed E-state index contributed by atoms with van der Waals surface area (Å²) in [6, 6.07) is 6.67. The molecule has 1 fully saturated rings. The largest absolute Gasteiger partial charge is 0.348 e. The molecule has 0 amide bonds. The van der Waals surface area contributed by atoms with Gasteiger partial charge in [0.15, 0.2) is 26.6 Å². The van der Waals surface area contributed by atoms with Crippen LogP contribution in [0, 0.1) is 18.6 Å². The van der Waals surface area contributed by atoms with Gasteiger partial charge in [-0.05, 0) is 55.7 Å². The van der Waals surface area contributed by atoms with E-state index in [2.05, 4.69) is 4.98 Å². The molecule has 1 aliphatic heterocycles. The van der Waals surface area contributed by atoms with Crippen LogP contribution in [0.15, 0.2) is 40.6 Å². The van der Waals surface area contributed by atoms with E-state index in [0.29, 0.717) is 47.8 Å². The molecule has 0 atom stereocenters. The second-order valence-electron chi connectivity index (χ2n) is 7.41. The Kier molecular flexibility index (Phi) is 6.27. The van der Waals surface area contributed by atoms with Gasteiger partial charge in [0.1, 0.15) is 0 Å². The molecule has 0 radical (unpaired) electrons. The first-order valence-corrected chi connectivity index (χ1v) is 12.7. The molecule has 2 aromatic carbocycles. The summed E-state index contributed by atoms with van der Waals surface area (Å²) in [6.07, 6.45) is 0.862. The van der Waals surface area contributed by atoms with E-state index in [-0.39, 0.29) is 9.92 Å². The zero-order chi connectivity index (χ0) is 22.3. The highest BCUT2D eigenvalue weighted by molar-refractivity contribution is 7.92. The van der Waals surface area contributed by atoms with Crippen LogP contribution in [0.2, 0.25) is 10.0 Å². The predicted octanol–water partition coefficient (Wildman–Crippen LogP) is 6.15. The fourth-order valence-electron chi connectivity index (χ4n) is 3.58. The highest BCUT2D eigenvalue weighted by atomic mass is 35.5. The number of aromatic nitrogens is 1. The van der Waals surface area contributed by atoms with E-state index in [1.54, 1.807) is 12.3 Å². The fourth-order valence-corrected chi connectivity index (χ4v) is 7.04. The normalized spacial score (nSPS) is 15.5. The Balaban J connectivity index is 1.48. The number of nitrogens with zero attached hydrogens (tertiary/aromatic N) is 2. The second kappa shape index (κ2) is 8.65. The van der Waals surface area contributed by atoms with Crippen LogP contribution in [-0.4, -0.2) is 31.7 Å². The summed E-state index contributed by atoms with van der Waals surface area (Å²) in [5.74, 6) is -1.83. The molecule has 0 bridgehead atoms. The first kappa shape index (κ1) is 22.5. The summed E-state index contributed by atoms with van der Waals surface area (Å²) in [5, 5.41) is 2.51. The average Bonchev–Trinajstić information content (AvgIpc) is 3.23. The highest BCUT2D eigenvalue weighted by Crippen LogP contribution is 2.35. The van der Waals surface area contributed by atoms with Gasteiger partial charge in [0.25, 0.3) is 0 Å². The Morgan fingerprint density at radius 1 is 1.06 bits per heavy atom. The van der Waals surface area contributed by atoms with Gasteiger partial charge in [0.05, 0.1) is 20.9 Å². The Labute approximate surface area is 193 Å². The molecule has 31 heavy (non-hydrogen) atoms. The van der Waals surface area contributed by atoms with Gasteiger partial charge in [-0.2, -0.15) is 0 Å². The number of sulfone groups is 1. The molecule has 0 saturated carbocycles. The summed E-state index contributed by atoms with van der Waals surface area (Å²) in [4.78, 5) is 6.65. The molecule has 0 spiro atoms. The summed E-state index contributed by atoms with van der Waals surface area (Å²) in [7, 11) is -3.60. The average molecular weight is 503 g/mol. The Hall–Kier alpha value is -1.74. The van der Waals surface area contributed by atoms with Gasteiger partial charge in [-0.15, -0.1) is 11.3 Å². The molecule has 1 aliphatic rings. The van der Waals surface area contributed by atoms with Gasteiger partial charge in [0.2, 0.25) is 0 Å². The number of benzene rings is 2. The molecule has 3 aromatic rings. The molecule has 1 aromatic heterocycles. The maximum Gasteiger partial charge on any atom is 0.185 e. The van der Waals surface area contributed by atoms with E-state index in [0.717, 1.165) is 17.3 Å². The summed E-state index contributed by atoms with van der Waals surface area (Å²) in [6.45, 7) is 2.77. The molecule has 164 valence electrons. The van der Waals surface area contributed by atoms with E-state index in [1.165, 1.54) is 29.5 Å². The number of aryl methyl sites for hydroxylation is 1. The second-order valence-corrected chi connectivity index (χ2v) is 11.3. The van der Waals surface area contributed by atoms with Crippen molar-refractivity contribution in [2.75, 3.05) is 18.0 Å². The van der Waals surface area contributed by atoms with Crippen LogP contribution in [0.25, 0.3) is 11.3 Å². The third-order valence-electron chi connectivity index (χ3n) is 5.38. The van der Waals surface area contributed by atoms with Gasteiger partial charge in [0, 0.05) is 29.1 Å². The molecule has 10 heteroatoms. The van der Waals surface area contributed by atoms with E-state index >= 15 is 0 Å². The molecule has 0 aliphatic carbocycles. The van der Waals surface area contributed by atoms with Crippen LogP contribution in [0.4, 0.5) is 13.9 Å². The third kappa shape index (κ3) is 4.44. The van der Waals surface area contributed by atoms with E-state index in [4.69, 9.17) is 23.2 Å². The molecular weight excluding hydrogens is 485 g/mol. The van der Waals surface area contributed by atoms with Crippen LogP contribution < -0.4 is 4.90 Å². The first-order chi connectivity index (χ1) is 14.7. The maximum atomic E-state index is 13.5. The number of hydrogen-bond acceptors (Lipinski definition) is 5. The van der Waals surface area contributed by atoms with Gasteiger partial charge in [-0.3, -0.25) is 0 Å². The number of halogens is 4. The number of anilines is 1. The van der Waals surface area contributed by atoms with Gasteiger partial charge < -0.3 is 4.90 Å². The van der Waals surface area contributed by atoms with Gasteiger partial charge in [-0.1, -0.05) is 23.2 Å².